The number of nitrogens with zero attached hydrogens (tertiary/aromatic N) is 3. The number of benzene rings is 1. The summed E-state index contributed by atoms with van der Waals surface area (Å²) in [6.45, 7) is 2.47. The molecule has 0 aliphatic rings. The van der Waals surface area contributed by atoms with Crippen molar-refractivity contribution in [2.75, 3.05) is 0 Å². The number of nitrogens with one attached hydrogen (secondary N) is 1. The Kier molecular flexibility index (Phi) is 4.58. The van der Waals surface area contributed by atoms with E-state index in [1.807, 2.05) is 55.5 Å². The van der Waals surface area contributed by atoms with E-state index in [0.29, 0.717) is 12.2 Å². The van der Waals surface area contributed by atoms with Crippen LogP contribution in [0.2, 0.25) is 0 Å². The van der Waals surface area contributed by atoms with E-state index in [4.69, 9.17) is 0 Å². The maximum Gasteiger partial charge on any atom is 0.270 e. The van der Waals surface area contributed by atoms with E-state index >= 15 is 0 Å². The Morgan fingerprint density at radius 3 is 2.70 bits per heavy atom. The molecule has 5 nitrogen and oxygen atoms in total. The van der Waals surface area contributed by atoms with Crippen molar-refractivity contribution >= 4 is 16.8 Å². The van der Waals surface area contributed by atoms with Crippen LogP contribution in [0.15, 0.2) is 73.2 Å². The summed E-state index contributed by atoms with van der Waals surface area (Å²) >= 11 is 0. The van der Waals surface area contributed by atoms with Gasteiger partial charge in [0.05, 0.1) is 11.2 Å². The number of fused-ring (bicyclic) bond motifs is 1. The first-order chi connectivity index (χ1) is 13.2. The van der Waals surface area contributed by atoms with Crippen molar-refractivity contribution in [3.63, 3.8) is 0 Å². The Labute approximate surface area is 157 Å². The van der Waals surface area contributed by atoms with E-state index in [-0.39, 0.29) is 5.91 Å². The summed E-state index contributed by atoms with van der Waals surface area (Å²) in [6, 6.07) is 17.3. The van der Waals surface area contributed by atoms with Crippen LogP contribution in [0.3, 0.4) is 0 Å². The van der Waals surface area contributed by atoms with Gasteiger partial charge in [-0.1, -0.05) is 30.3 Å². The predicted molar refractivity (Wildman–Crippen MR) is 105 cm³/mol. The normalized spacial score (nSPS) is 10.7. The SMILES string of the molecule is Cc1ccnc(-c2cncc3ccc(C(=O)NCc4ccccc4)nc23)c1. The molecule has 0 spiro atoms. The zero-order valence-corrected chi connectivity index (χ0v) is 14.9. The average molecular weight is 354 g/mol. The zero-order chi connectivity index (χ0) is 18.6. The number of aromatic nitrogens is 3. The molecule has 0 aliphatic heterocycles. The van der Waals surface area contributed by atoms with Crippen LogP contribution in [0.4, 0.5) is 0 Å². The van der Waals surface area contributed by atoms with Gasteiger partial charge in [0, 0.05) is 36.1 Å². The molecule has 1 amide bonds. The number of rotatable bonds is 4. The fraction of sp³-hybridized carbons (Fsp3) is 0.0909. The number of amides is 1. The number of carbonyl (C=O) groups excluding carboxylic acids is 1. The van der Waals surface area contributed by atoms with Crippen LogP contribution in [0, 0.1) is 6.92 Å². The van der Waals surface area contributed by atoms with Crippen molar-refractivity contribution in [1.29, 1.82) is 0 Å². The second kappa shape index (κ2) is 7.33. The van der Waals surface area contributed by atoms with Crippen molar-refractivity contribution in [2.24, 2.45) is 0 Å². The Morgan fingerprint density at radius 2 is 1.89 bits per heavy atom. The molecule has 4 rings (SSSR count). The first-order valence-corrected chi connectivity index (χ1v) is 8.70. The van der Waals surface area contributed by atoms with Gasteiger partial charge in [-0.15, -0.1) is 0 Å². The highest BCUT2D eigenvalue weighted by atomic mass is 16.1. The first-order valence-electron chi connectivity index (χ1n) is 8.70. The van der Waals surface area contributed by atoms with E-state index in [2.05, 4.69) is 20.3 Å². The van der Waals surface area contributed by atoms with E-state index in [1.54, 1.807) is 24.7 Å². The quantitative estimate of drug-likeness (QED) is 0.603. The smallest absolute Gasteiger partial charge is 0.270 e. The van der Waals surface area contributed by atoms with Gasteiger partial charge in [-0.25, -0.2) is 4.98 Å². The van der Waals surface area contributed by atoms with Crippen molar-refractivity contribution in [3.8, 4) is 11.3 Å². The maximum atomic E-state index is 12.6. The number of hydrogen-bond donors (Lipinski definition) is 1. The van der Waals surface area contributed by atoms with Crippen LogP contribution in [-0.2, 0) is 6.54 Å². The van der Waals surface area contributed by atoms with Crippen molar-refractivity contribution in [3.05, 3.63) is 90.0 Å². The summed E-state index contributed by atoms with van der Waals surface area (Å²) in [7, 11) is 0. The molecular formula is C22H18N4O. The van der Waals surface area contributed by atoms with Gasteiger partial charge in [-0.05, 0) is 42.3 Å². The highest BCUT2D eigenvalue weighted by Gasteiger charge is 2.12. The summed E-state index contributed by atoms with van der Waals surface area (Å²) in [5, 5.41) is 3.79. The third kappa shape index (κ3) is 3.67. The summed E-state index contributed by atoms with van der Waals surface area (Å²) in [5.41, 5.74) is 4.85. The third-order valence-electron chi connectivity index (χ3n) is 4.32. The number of aryl methyl sites for hydroxylation is 1. The molecule has 0 radical (unpaired) electrons. The van der Waals surface area contributed by atoms with Crippen molar-refractivity contribution in [2.45, 2.75) is 13.5 Å². The lowest BCUT2D eigenvalue weighted by Gasteiger charge is -2.08. The van der Waals surface area contributed by atoms with E-state index in [0.717, 1.165) is 33.3 Å². The lowest BCUT2D eigenvalue weighted by Crippen LogP contribution is -2.23. The van der Waals surface area contributed by atoms with Crippen LogP contribution in [0.5, 0.6) is 0 Å². The van der Waals surface area contributed by atoms with E-state index < -0.39 is 0 Å². The lowest BCUT2D eigenvalue weighted by molar-refractivity contribution is 0.0946. The average Bonchev–Trinajstić information content (AvgIpc) is 2.72. The molecule has 4 aromatic rings. The molecule has 0 saturated heterocycles. The largest absolute Gasteiger partial charge is 0.347 e. The Bertz CT molecular complexity index is 1110. The minimum atomic E-state index is -0.208. The molecular weight excluding hydrogens is 336 g/mol. The van der Waals surface area contributed by atoms with Crippen LogP contribution in [0.1, 0.15) is 21.6 Å². The number of hydrogen-bond acceptors (Lipinski definition) is 4. The topological polar surface area (TPSA) is 67.8 Å². The molecule has 0 aliphatic carbocycles. The molecule has 5 heteroatoms. The molecule has 1 N–H and O–H groups in total. The molecule has 132 valence electrons. The maximum absolute atomic E-state index is 12.6. The molecule has 0 fully saturated rings. The van der Waals surface area contributed by atoms with Gasteiger partial charge >= 0.3 is 0 Å². The minimum absolute atomic E-state index is 0.208. The summed E-state index contributed by atoms with van der Waals surface area (Å²) in [4.78, 5) is 25.9. The molecule has 0 unspecified atom stereocenters. The molecule has 0 saturated carbocycles. The van der Waals surface area contributed by atoms with Gasteiger partial charge in [0.15, 0.2) is 0 Å². The zero-order valence-electron chi connectivity index (χ0n) is 14.9. The van der Waals surface area contributed by atoms with Crippen LogP contribution in [0.25, 0.3) is 22.2 Å². The molecule has 1 aromatic carbocycles. The highest BCUT2D eigenvalue weighted by molar-refractivity contribution is 5.98. The van der Waals surface area contributed by atoms with Gasteiger partial charge in [0.1, 0.15) is 5.69 Å². The molecule has 0 bridgehead atoms. The van der Waals surface area contributed by atoms with Crippen LogP contribution in [-0.4, -0.2) is 20.9 Å². The number of carbonyl (C=O) groups is 1. The van der Waals surface area contributed by atoms with Gasteiger partial charge in [-0.3, -0.25) is 14.8 Å². The van der Waals surface area contributed by atoms with Crippen molar-refractivity contribution in [1.82, 2.24) is 20.3 Å². The Hall–Kier alpha value is -3.60. The Morgan fingerprint density at radius 1 is 1.04 bits per heavy atom. The molecule has 3 heterocycles. The molecule has 0 atom stereocenters. The van der Waals surface area contributed by atoms with Gasteiger partial charge < -0.3 is 5.32 Å². The third-order valence-corrected chi connectivity index (χ3v) is 4.32. The minimum Gasteiger partial charge on any atom is -0.347 e. The summed E-state index contributed by atoms with van der Waals surface area (Å²) < 4.78 is 0. The van der Waals surface area contributed by atoms with Gasteiger partial charge in [0.2, 0.25) is 0 Å². The standard InChI is InChI=1S/C22H18N4O/c1-15-9-10-24-20(11-15)18-14-23-13-17-7-8-19(26-21(17)18)22(27)25-12-16-5-3-2-4-6-16/h2-11,13-14H,12H2,1H3,(H,25,27). The first kappa shape index (κ1) is 16.8. The van der Waals surface area contributed by atoms with E-state index in [1.165, 1.54) is 0 Å². The summed E-state index contributed by atoms with van der Waals surface area (Å²) in [5.74, 6) is -0.208. The molecule has 3 aromatic heterocycles. The fourth-order valence-corrected chi connectivity index (χ4v) is 2.91. The van der Waals surface area contributed by atoms with E-state index in [9.17, 15) is 4.79 Å². The highest BCUT2D eigenvalue weighted by Crippen LogP contribution is 2.25. The molecule has 27 heavy (non-hydrogen) atoms. The van der Waals surface area contributed by atoms with Crippen LogP contribution >= 0.6 is 0 Å². The Balaban J connectivity index is 1.67. The second-order valence-corrected chi connectivity index (χ2v) is 6.34. The monoisotopic (exact) mass is 354 g/mol. The van der Waals surface area contributed by atoms with Crippen molar-refractivity contribution < 1.29 is 4.79 Å². The van der Waals surface area contributed by atoms with Gasteiger partial charge in [-0.2, -0.15) is 0 Å². The fourth-order valence-electron chi connectivity index (χ4n) is 2.91. The van der Waals surface area contributed by atoms with Gasteiger partial charge in [0.25, 0.3) is 5.91 Å². The number of pyridine rings is 3. The van der Waals surface area contributed by atoms with Crippen LogP contribution < -0.4 is 5.32 Å². The predicted octanol–water partition coefficient (Wildman–Crippen LogP) is 3.93. The second-order valence-electron chi connectivity index (χ2n) is 6.34. The summed E-state index contributed by atoms with van der Waals surface area (Å²) in [6.07, 6.45) is 5.25. The lowest BCUT2D eigenvalue weighted by atomic mass is 10.1.